The van der Waals surface area contributed by atoms with E-state index in [0.717, 1.165) is 36.5 Å². The number of piperidine rings is 1. The molecule has 1 saturated heterocycles. The summed E-state index contributed by atoms with van der Waals surface area (Å²) in [5, 5.41) is 9.63. The number of nitrogens with one attached hydrogen (secondary N) is 3. The molecule has 2 aromatic rings. The van der Waals surface area contributed by atoms with Gasteiger partial charge in [-0.1, -0.05) is 12.1 Å². The van der Waals surface area contributed by atoms with Gasteiger partial charge >= 0.3 is 6.03 Å². The van der Waals surface area contributed by atoms with Crippen molar-refractivity contribution in [1.29, 1.82) is 0 Å². The van der Waals surface area contributed by atoms with Crippen LogP contribution in [0.2, 0.25) is 0 Å². The molecule has 3 amide bonds. The minimum Gasteiger partial charge on any atom is -0.397 e. The largest absolute Gasteiger partial charge is 0.397 e. The molecule has 2 aliphatic heterocycles. The van der Waals surface area contributed by atoms with Crippen molar-refractivity contribution in [3.8, 4) is 0 Å². The number of nitrogens with zero attached hydrogens (tertiary/aromatic N) is 2. The van der Waals surface area contributed by atoms with Crippen LogP contribution in [0.15, 0.2) is 24.3 Å². The van der Waals surface area contributed by atoms with Crippen molar-refractivity contribution < 1.29 is 9.59 Å². The Kier molecular flexibility index (Phi) is 5.45. The van der Waals surface area contributed by atoms with Crippen LogP contribution in [0.3, 0.4) is 0 Å². The molecule has 0 atom stereocenters. The number of thiazole rings is 1. The number of carbonyl (C=O) groups is 2. The number of rotatable bonds is 3. The van der Waals surface area contributed by atoms with Crippen molar-refractivity contribution in [1.82, 2.24) is 20.5 Å². The van der Waals surface area contributed by atoms with E-state index in [1.54, 1.807) is 17.0 Å². The number of benzene rings is 1. The van der Waals surface area contributed by atoms with Gasteiger partial charge in [0.25, 0.3) is 5.91 Å². The molecule has 0 bridgehead atoms. The molecule has 0 aliphatic carbocycles. The summed E-state index contributed by atoms with van der Waals surface area (Å²) in [6, 6.07) is 7.33. The third kappa shape index (κ3) is 4.10. The van der Waals surface area contributed by atoms with Gasteiger partial charge in [0.15, 0.2) is 5.01 Å². The van der Waals surface area contributed by atoms with Crippen LogP contribution >= 0.6 is 11.3 Å². The lowest BCUT2D eigenvalue weighted by molar-refractivity contribution is 0.102. The minimum absolute atomic E-state index is 0.0333. The molecule has 0 radical (unpaired) electrons. The summed E-state index contributed by atoms with van der Waals surface area (Å²) in [4.78, 5) is 32.4. The van der Waals surface area contributed by atoms with E-state index in [4.69, 9.17) is 5.73 Å². The smallest absolute Gasteiger partial charge is 0.317 e. The minimum atomic E-state index is -0.275. The predicted octanol–water partition coefficient (Wildman–Crippen LogP) is 1.80. The van der Waals surface area contributed by atoms with Gasteiger partial charge < -0.3 is 26.6 Å². The highest BCUT2D eigenvalue weighted by Gasteiger charge is 2.27. The second kappa shape index (κ2) is 8.15. The van der Waals surface area contributed by atoms with Crippen LogP contribution in [0.25, 0.3) is 0 Å². The third-order valence-electron chi connectivity index (χ3n) is 5.09. The third-order valence-corrected chi connectivity index (χ3v) is 6.17. The van der Waals surface area contributed by atoms with Gasteiger partial charge in [0.2, 0.25) is 0 Å². The lowest BCUT2D eigenvalue weighted by Gasteiger charge is -2.30. The number of fused-ring (bicyclic) bond motifs is 1. The van der Waals surface area contributed by atoms with Crippen molar-refractivity contribution in [3.05, 3.63) is 39.8 Å². The highest BCUT2D eigenvalue weighted by Crippen LogP contribution is 2.27. The number of nitrogen functional groups attached to an aromatic ring is 1. The Bertz CT molecular complexity index is 877. The number of hydrogen-bond donors (Lipinski definition) is 4. The number of nitrogens with two attached hydrogens (primary N) is 1. The Morgan fingerprint density at radius 2 is 2.04 bits per heavy atom. The Hall–Kier alpha value is -2.65. The first-order valence-electron chi connectivity index (χ1n) is 9.51. The molecule has 8 nitrogen and oxygen atoms in total. The topological polar surface area (TPSA) is 112 Å². The average molecular weight is 401 g/mol. The van der Waals surface area contributed by atoms with E-state index in [-0.39, 0.29) is 18.0 Å². The molecular formula is C19H24N6O2S. The Morgan fingerprint density at radius 3 is 2.82 bits per heavy atom. The van der Waals surface area contributed by atoms with Crippen LogP contribution in [0.5, 0.6) is 0 Å². The summed E-state index contributed by atoms with van der Waals surface area (Å²) in [5.74, 6) is -0.275. The fourth-order valence-corrected chi connectivity index (χ4v) is 4.50. The normalized spacial score (nSPS) is 17.1. The van der Waals surface area contributed by atoms with Crippen molar-refractivity contribution >= 4 is 34.6 Å². The van der Waals surface area contributed by atoms with Crippen LogP contribution in [0.1, 0.15) is 33.2 Å². The zero-order chi connectivity index (χ0) is 19.5. The first kappa shape index (κ1) is 18.7. The highest BCUT2D eigenvalue weighted by atomic mass is 32.1. The lowest BCUT2D eigenvalue weighted by atomic mass is 10.1. The van der Waals surface area contributed by atoms with Gasteiger partial charge in [-0.25, -0.2) is 9.78 Å². The lowest BCUT2D eigenvalue weighted by Crippen LogP contribution is -2.49. The Morgan fingerprint density at radius 1 is 1.25 bits per heavy atom. The fraction of sp³-hybridized carbons (Fsp3) is 0.421. The van der Waals surface area contributed by atoms with Gasteiger partial charge in [-0.2, -0.15) is 0 Å². The van der Waals surface area contributed by atoms with Gasteiger partial charge in [0.1, 0.15) is 0 Å². The summed E-state index contributed by atoms with van der Waals surface area (Å²) in [5.41, 5.74) is 7.88. The second-order valence-electron chi connectivity index (χ2n) is 7.08. The molecule has 148 valence electrons. The van der Waals surface area contributed by atoms with Gasteiger partial charge in [-0.05, 0) is 38.1 Å². The van der Waals surface area contributed by atoms with E-state index in [0.29, 0.717) is 35.9 Å². The number of para-hydroxylation sites is 2. The summed E-state index contributed by atoms with van der Waals surface area (Å²) < 4.78 is 0. The van der Waals surface area contributed by atoms with Crippen LogP contribution in [0, 0.1) is 0 Å². The monoisotopic (exact) mass is 400 g/mol. The maximum atomic E-state index is 12.6. The summed E-state index contributed by atoms with van der Waals surface area (Å²) in [6.07, 6.45) is 2.57. The maximum Gasteiger partial charge on any atom is 0.317 e. The molecule has 3 heterocycles. The van der Waals surface area contributed by atoms with E-state index in [1.807, 2.05) is 12.1 Å². The molecule has 1 fully saturated rings. The molecule has 28 heavy (non-hydrogen) atoms. The SMILES string of the molecule is Nc1ccccc1NC(=O)c1nc2c(s1)CN(C(=O)NC1CCNCC1)CC2. The maximum absolute atomic E-state index is 12.6. The molecule has 0 spiro atoms. The molecule has 9 heteroatoms. The van der Waals surface area contributed by atoms with Crippen LogP contribution in [0.4, 0.5) is 16.2 Å². The Balaban J connectivity index is 1.39. The van der Waals surface area contributed by atoms with E-state index in [2.05, 4.69) is 20.9 Å². The second-order valence-corrected chi connectivity index (χ2v) is 8.16. The van der Waals surface area contributed by atoms with E-state index < -0.39 is 0 Å². The van der Waals surface area contributed by atoms with Crippen LogP contribution in [-0.2, 0) is 13.0 Å². The summed E-state index contributed by atoms with van der Waals surface area (Å²) in [7, 11) is 0. The zero-order valence-electron chi connectivity index (χ0n) is 15.5. The number of anilines is 2. The predicted molar refractivity (Wildman–Crippen MR) is 109 cm³/mol. The summed E-state index contributed by atoms with van der Waals surface area (Å²) >= 11 is 1.34. The molecular weight excluding hydrogens is 376 g/mol. The molecule has 0 unspecified atom stereocenters. The van der Waals surface area contributed by atoms with Crippen molar-refractivity contribution in [2.45, 2.75) is 31.8 Å². The first-order chi connectivity index (χ1) is 13.6. The van der Waals surface area contributed by atoms with E-state index in [1.165, 1.54) is 11.3 Å². The van der Waals surface area contributed by atoms with Crippen molar-refractivity contribution in [2.24, 2.45) is 0 Å². The quantitative estimate of drug-likeness (QED) is 0.587. The van der Waals surface area contributed by atoms with Crippen LogP contribution < -0.4 is 21.7 Å². The van der Waals surface area contributed by atoms with Crippen molar-refractivity contribution in [2.75, 3.05) is 30.7 Å². The molecule has 0 saturated carbocycles. The average Bonchev–Trinajstić information content (AvgIpc) is 3.14. The van der Waals surface area contributed by atoms with Gasteiger partial charge in [-0.15, -0.1) is 11.3 Å². The zero-order valence-corrected chi connectivity index (χ0v) is 16.3. The Labute approximate surface area is 167 Å². The van der Waals surface area contributed by atoms with E-state index in [9.17, 15) is 9.59 Å². The van der Waals surface area contributed by atoms with Gasteiger partial charge in [0, 0.05) is 23.9 Å². The van der Waals surface area contributed by atoms with Crippen molar-refractivity contribution in [3.63, 3.8) is 0 Å². The number of urea groups is 1. The fourth-order valence-electron chi connectivity index (χ4n) is 3.48. The van der Waals surface area contributed by atoms with Gasteiger partial charge in [0.05, 0.1) is 23.6 Å². The van der Waals surface area contributed by atoms with Gasteiger partial charge in [-0.3, -0.25) is 4.79 Å². The molecule has 1 aromatic heterocycles. The number of aromatic nitrogens is 1. The number of hydrogen-bond acceptors (Lipinski definition) is 6. The molecule has 5 N–H and O–H groups in total. The summed E-state index contributed by atoms with van der Waals surface area (Å²) in [6.45, 7) is 2.98. The first-order valence-corrected chi connectivity index (χ1v) is 10.3. The number of carbonyl (C=O) groups excluding carboxylic acids is 2. The standard InChI is InChI=1S/C19H24N6O2S/c20-13-3-1-2-4-14(13)23-17(26)18-24-15-7-10-25(11-16(15)28-18)19(27)22-12-5-8-21-9-6-12/h1-4,12,21H,5-11,20H2,(H,22,27)(H,23,26). The van der Waals surface area contributed by atoms with Crippen LogP contribution in [-0.4, -0.2) is 47.5 Å². The number of amides is 3. The van der Waals surface area contributed by atoms with E-state index >= 15 is 0 Å². The molecule has 2 aliphatic rings. The molecule has 1 aromatic carbocycles. The highest BCUT2D eigenvalue weighted by molar-refractivity contribution is 7.13. The molecule has 4 rings (SSSR count).